The van der Waals surface area contributed by atoms with Crippen molar-refractivity contribution in [2.24, 2.45) is 0 Å². The highest BCUT2D eigenvalue weighted by Gasteiger charge is 2.54. The van der Waals surface area contributed by atoms with Gasteiger partial charge in [0.25, 0.3) is 11.8 Å². The largest absolute Gasteiger partial charge is 0.322 e. The van der Waals surface area contributed by atoms with Crippen molar-refractivity contribution in [2.75, 3.05) is 10.6 Å². The van der Waals surface area contributed by atoms with Crippen LogP contribution in [0.15, 0.2) is 8.95 Å². The number of anilines is 2. The first-order valence-corrected chi connectivity index (χ1v) is 10.7. The smallest absolute Gasteiger partial charge is 0.260 e. The molecule has 0 saturated carbocycles. The van der Waals surface area contributed by atoms with Crippen LogP contribution in [-0.2, 0) is 9.59 Å². The number of alkyl halides is 4. The summed E-state index contributed by atoms with van der Waals surface area (Å²) in [5.74, 6) is -2.59. The van der Waals surface area contributed by atoms with Crippen molar-refractivity contribution in [1.82, 2.24) is 0 Å². The summed E-state index contributed by atoms with van der Waals surface area (Å²) in [5, 5.41) is 5.15. The molecule has 0 aliphatic carbocycles. The van der Waals surface area contributed by atoms with E-state index in [2.05, 4.69) is 106 Å². The molecule has 0 saturated heterocycles. The molecule has 0 fully saturated rings. The van der Waals surface area contributed by atoms with Crippen molar-refractivity contribution >= 4 is 130 Å². The van der Waals surface area contributed by atoms with Crippen molar-refractivity contribution in [3.8, 4) is 0 Å². The summed E-state index contributed by atoms with van der Waals surface area (Å²) in [7, 11) is 0. The minimum absolute atomic E-state index is 0.0262. The molecule has 0 spiro atoms. The Balaban J connectivity index is 2.45. The van der Waals surface area contributed by atoms with Crippen LogP contribution >= 0.6 is 95.6 Å². The Labute approximate surface area is 185 Å². The molecule has 1 aromatic rings. The van der Waals surface area contributed by atoms with Crippen LogP contribution in [0.3, 0.4) is 0 Å². The Morgan fingerprint density at radius 1 is 0.625 bits per heavy atom. The zero-order valence-electron chi connectivity index (χ0n) is 10.9. The van der Waals surface area contributed by atoms with Gasteiger partial charge in [-0.3, -0.25) is 19.2 Å². The average Bonchev–Trinajstić information content (AvgIpc) is 2.49. The molecule has 0 radical (unpaired) electrons. The number of hydrogen-bond acceptors (Lipinski definition) is 4. The molecule has 0 bridgehead atoms. The number of carbonyl (C=O) groups excluding carboxylic acids is 4. The van der Waals surface area contributed by atoms with Gasteiger partial charge in [-0.2, -0.15) is 0 Å². The Bertz CT molecular complexity index is 808. The van der Waals surface area contributed by atoms with Crippen LogP contribution in [0.25, 0.3) is 0 Å². The SMILES string of the molecule is O=C1Nc2c(Br)c(Br)c3c(c2C(=O)C1(Br)Br)C(=O)C(Br)(Br)C(=O)N3. The third-order valence-electron chi connectivity index (χ3n) is 3.45. The number of fused-ring (bicyclic) bond motifs is 3. The molecule has 126 valence electrons. The normalized spacial score (nSPS) is 20.9. The lowest BCUT2D eigenvalue weighted by Crippen LogP contribution is -2.48. The van der Waals surface area contributed by atoms with Crippen molar-refractivity contribution in [2.45, 2.75) is 6.47 Å². The second-order valence-electron chi connectivity index (χ2n) is 4.84. The quantitative estimate of drug-likeness (QED) is 0.307. The van der Waals surface area contributed by atoms with E-state index in [1.54, 1.807) is 0 Å². The van der Waals surface area contributed by atoms with Crippen LogP contribution in [0, 0.1) is 0 Å². The van der Waals surface area contributed by atoms with E-state index in [0.29, 0.717) is 8.95 Å². The van der Waals surface area contributed by atoms with Crippen molar-refractivity contribution < 1.29 is 19.2 Å². The lowest BCUT2D eigenvalue weighted by Gasteiger charge is -2.34. The number of rotatable bonds is 0. The summed E-state index contributed by atoms with van der Waals surface area (Å²) >= 11 is 18.7. The zero-order chi connectivity index (χ0) is 18.2. The van der Waals surface area contributed by atoms with E-state index in [4.69, 9.17) is 0 Å². The van der Waals surface area contributed by atoms with Crippen LogP contribution in [0.2, 0.25) is 0 Å². The molecule has 2 N–H and O–H groups in total. The molecule has 2 aliphatic heterocycles. The summed E-state index contributed by atoms with van der Waals surface area (Å²) < 4.78 is -2.76. The monoisotopic (exact) mass is 712 g/mol. The van der Waals surface area contributed by atoms with Gasteiger partial charge in [0.1, 0.15) is 0 Å². The number of amides is 2. The Morgan fingerprint density at radius 3 is 1.21 bits per heavy atom. The van der Waals surface area contributed by atoms with Gasteiger partial charge < -0.3 is 10.6 Å². The number of Topliss-reactive ketones (excluding diaryl/α,β-unsaturated/α-hetero) is 2. The fourth-order valence-electron chi connectivity index (χ4n) is 2.28. The average molecular weight is 718 g/mol. The van der Waals surface area contributed by atoms with Crippen LogP contribution < -0.4 is 10.6 Å². The number of halogens is 6. The topological polar surface area (TPSA) is 92.3 Å². The van der Waals surface area contributed by atoms with Gasteiger partial charge in [0.15, 0.2) is 0 Å². The van der Waals surface area contributed by atoms with Gasteiger partial charge in [0.2, 0.25) is 18.0 Å². The standard InChI is InChI=1S/C12H2Br6N2O4/c13-3-4(14)6-2(8(22)12(17,18)10(24)20-6)1-5(3)19-9(23)11(15,16)7(1)21/h(H,19,23)(H,20,24). The second kappa shape index (κ2) is 5.95. The first kappa shape index (κ1) is 19.2. The van der Waals surface area contributed by atoms with Gasteiger partial charge in [0.05, 0.1) is 31.4 Å². The summed E-state index contributed by atoms with van der Waals surface area (Å²) in [6, 6.07) is 0. The molecule has 2 aliphatic rings. The predicted molar refractivity (Wildman–Crippen MR) is 109 cm³/mol. The first-order valence-electron chi connectivity index (χ1n) is 5.95. The first-order chi connectivity index (χ1) is 10.9. The molecular formula is C12H2Br6N2O4. The summed E-state index contributed by atoms with van der Waals surface area (Å²) in [4.78, 5) is 50.0. The van der Waals surface area contributed by atoms with E-state index >= 15 is 0 Å². The molecule has 2 heterocycles. The van der Waals surface area contributed by atoms with Gasteiger partial charge in [-0.1, -0.05) is 63.7 Å². The maximum atomic E-state index is 12.8. The molecule has 6 nitrogen and oxygen atoms in total. The lowest BCUT2D eigenvalue weighted by atomic mass is 9.89. The van der Waals surface area contributed by atoms with Crippen LogP contribution in [-0.4, -0.2) is 29.8 Å². The number of hydrogen-bond donors (Lipinski definition) is 2. The molecule has 1 aromatic carbocycles. The fraction of sp³-hybridized carbons (Fsp3) is 0.167. The van der Waals surface area contributed by atoms with E-state index in [-0.39, 0.29) is 22.5 Å². The summed E-state index contributed by atoms with van der Waals surface area (Å²) in [5.41, 5.74) is 0.235. The van der Waals surface area contributed by atoms with Gasteiger partial charge in [0, 0.05) is 0 Å². The van der Waals surface area contributed by atoms with Crippen molar-refractivity contribution in [3.63, 3.8) is 0 Å². The zero-order valence-corrected chi connectivity index (χ0v) is 20.4. The van der Waals surface area contributed by atoms with Gasteiger partial charge in [-0.05, 0) is 31.9 Å². The lowest BCUT2D eigenvalue weighted by molar-refractivity contribution is -0.116. The highest BCUT2D eigenvalue weighted by atomic mass is 79.9. The maximum absolute atomic E-state index is 12.8. The van der Waals surface area contributed by atoms with Gasteiger partial charge in [-0.15, -0.1) is 0 Å². The Hall–Kier alpha value is 0.380. The third kappa shape index (κ3) is 2.47. The van der Waals surface area contributed by atoms with Crippen LogP contribution in [0.5, 0.6) is 0 Å². The summed E-state index contributed by atoms with van der Waals surface area (Å²) in [6.07, 6.45) is 0. The van der Waals surface area contributed by atoms with E-state index in [0.717, 1.165) is 0 Å². The molecule has 12 heteroatoms. The number of benzene rings is 1. The second-order valence-corrected chi connectivity index (χ2v) is 13.3. The Kier molecular flexibility index (Phi) is 4.74. The maximum Gasteiger partial charge on any atom is 0.260 e. The number of ketones is 2. The molecule has 0 unspecified atom stereocenters. The van der Waals surface area contributed by atoms with Gasteiger partial charge in [-0.25, -0.2) is 0 Å². The van der Waals surface area contributed by atoms with E-state index in [9.17, 15) is 19.2 Å². The van der Waals surface area contributed by atoms with Crippen LogP contribution in [0.1, 0.15) is 20.7 Å². The van der Waals surface area contributed by atoms with Crippen LogP contribution in [0.4, 0.5) is 11.4 Å². The van der Waals surface area contributed by atoms with E-state index < -0.39 is 29.8 Å². The molecule has 0 atom stereocenters. The molecule has 3 rings (SSSR count). The van der Waals surface area contributed by atoms with Crippen molar-refractivity contribution in [1.29, 1.82) is 0 Å². The predicted octanol–water partition coefficient (Wildman–Crippen LogP) is 4.45. The molecule has 2 amide bonds. The van der Waals surface area contributed by atoms with Crippen molar-refractivity contribution in [3.05, 3.63) is 20.1 Å². The Morgan fingerprint density at radius 2 is 0.917 bits per heavy atom. The fourth-order valence-corrected chi connectivity index (χ4v) is 4.46. The highest BCUT2D eigenvalue weighted by molar-refractivity contribution is 9.26. The highest BCUT2D eigenvalue weighted by Crippen LogP contribution is 2.52. The van der Waals surface area contributed by atoms with Gasteiger partial charge >= 0.3 is 0 Å². The molecular weight excluding hydrogens is 716 g/mol. The minimum atomic E-state index is -1.71. The third-order valence-corrected chi connectivity index (χ3v) is 8.45. The minimum Gasteiger partial charge on any atom is -0.322 e. The number of carbonyl (C=O) groups is 4. The number of nitrogens with one attached hydrogen (secondary N) is 2. The molecule has 0 aromatic heterocycles. The van der Waals surface area contributed by atoms with E-state index in [1.807, 2.05) is 0 Å². The summed E-state index contributed by atoms with van der Waals surface area (Å²) in [6.45, 7) is 0. The van der Waals surface area contributed by atoms with E-state index in [1.165, 1.54) is 0 Å². The molecule has 24 heavy (non-hydrogen) atoms.